The van der Waals surface area contributed by atoms with Crippen LogP contribution in [0.15, 0.2) is 54.7 Å². The first-order valence-electron chi connectivity index (χ1n) is 16.5. The Balaban J connectivity index is 1.28. The van der Waals surface area contributed by atoms with E-state index in [1.165, 1.54) is 17.2 Å². The van der Waals surface area contributed by atoms with Crippen molar-refractivity contribution in [2.45, 2.75) is 102 Å². The lowest BCUT2D eigenvalue weighted by Crippen LogP contribution is -2.50. The van der Waals surface area contributed by atoms with Crippen LogP contribution in [0.3, 0.4) is 0 Å². The number of hydrogen-bond acceptors (Lipinski definition) is 6. The van der Waals surface area contributed by atoms with Crippen LogP contribution in [0.1, 0.15) is 63.1 Å². The summed E-state index contributed by atoms with van der Waals surface area (Å²) in [6.45, 7) is 8.98. The van der Waals surface area contributed by atoms with Crippen LogP contribution in [0, 0.1) is 5.92 Å². The maximum atomic E-state index is 12.7. The molecule has 3 aromatic rings. The minimum atomic E-state index is -1.94. The summed E-state index contributed by atoms with van der Waals surface area (Å²) in [6.07, 6.45) is 10.6. The zero-order valence-corrected chi connectivity index (χ0v) is 28.0. The van der Waals surface area contributed by atoms with Gasteiger partial charge in [-0.1, -0.05) is 67.5 Å². The number of rotatable bonds is 12. The fourth-order valence-electron chi connectivity index (χ4n) is 7.44. The van der Waals surface area contributed by atoms with Crippen LogP contribution in [-0.2, 0) is 28.9 Å². The first-order valence-corrected chi connectivity index (χ1v) is 19.6. The van der Waals surface area contributed by atoms with E-state index >= 15 is 0 Å². The predicted octanol–water partition coefficient (Wildman–Crippen LogP) is 5.53. The Morgan fingerprint density at radius 3 is 2.45 bits per heavy atom. The van der Waals surface area contributed by atoms with Crippen molar-refractivity contribution in [1.82, 2.24) is 15.0 Å². The third kappa shape index (κ3) is 7.61. The molecule has 0 radical (unpaired) electrons. The van der Waals surface area contributed by atoms with Crippen LogP contribution in [0.25, 0.3) is 0 Å². The number of nitrogens with zero attached hydrogens (tertiary/aromatic N) is 4. The number of aliphatic hydroxyl groups excluding tert-OH is 1. The van der Waals surface area contributed by atoms with Crippen molar-refractivity contribution in [3.05, 3.63) is 66.0 Å². The van der Waals surface area contributed by atoms with Crippen molar-refractivity contribution in [3.63, 3.8) is 0 Å². The molecule has 1 N–H and O–H groups in total. The number of aliphatic hydroxyl groups is 1. The zero-order valence-electron chi connectivity index (χ0n) is 27.0. The molecule has 9 heteroatoms. The van der Waals surface area contributed by atoms with Gasteiger partial charge in [-0.05, 0) is 73.4 Å². The predicted molar refractivity (Wildman–Crippen MR) is 177 cm³/mol. The SMILES string of the molecule is COc1ccc([Si](C)(C)[C@@H]2[C@@H](C)[C@@H](CCc3ccc(N4CCCCCCC4=O)cc3)O[C@H]2CCn2cc(CCO)nn2)cc1. The average Bonchev–Trinajstić information content (AvgIpc) is 3.61. The van der Waals surface area contributed by atoms with Crippen LogP contribution < -0.4 is 14.8 Å². The molecule has 0 saturated carbocycles. The molecule has 2 fully saturated rings. The molecule has 44 heavy (non-hydrogen) atoms. The highest BCUT2D eigenvalue weighted by molar-refractivity contribution is 6.91. The van der Waals surface area contributed by atoms with Crippen LogP contribution in [0.2, 0.25) is 18.6 Å². The average molecular weight is 619 g/mol. The number of carbonyl (C=O) groups is 1. The molecule has 2 aromatic carbocycles. The largest absolute Gasteiger partial charge is 0.497 e. The number of ether oxygens (including phenoxy) is 2. The van der Waals surface area contributed by atoms with Crippen molar-refractivity contribution in [2.24, 2.45) is 5.92 Å². The summed E-state index contributed by atoms with van der Waals surface area (Å²) in [4.78, 5) is 14.7. The van der Waals surface area contributed by atoms with E-state index in [1.807, 2.05) is 15.8 Å². The van der Waals surface area contributed by atoms with Gasteiger partial charge in [0.1, 0.15) is 5.75 Å². The maximum Gasteiger partial charge on any atom is 0.226 e. The molecular formula is C35H50N4O4Si. The van der Waals surface area contributed by atoms with Crippen LogP contribution in [0.4, 0.5) is 5.69 Å². The first kappa shape index (κ1) is 32.4. The van der Waals surface area contributed by atoms with Crippen molar-refractivity contribution >= 4 is 24.9 Å². The quantitative estimate of drug-likeness (QED) is 0.269. The van der Waals surface area contributed by atoms with Gasteiger partial charge in [0.25, 0.3) is 0 Å². The van der Waals surface area contributed by atoms with Gasteiger partial charge in [0.05, 0.1) is 33.1 Å². The third-order valence-electron chi connectivity index (χ3n) is 9.96. The van der Waals surface area contributed by atoms with Crippen molar-refractivity contribution in [3.8, 4) is 5.75 Å². The van der Waals surface area contributed by atoms with E-state index in [-0.39, 0.29) is 24.7 Å². The van der Waals surface area contributed by atoms with Gasteiger partial charge in [-0.15, -0.1) is 5.10 Å². The second-order valence-electron chi connectivity index (χ2n) is 13.2. The van der Waals surface area contributed by atoms with Gasteiger partial charge in [0.15, 0.2) is 0 Å². The minimum absolute atomic E-state index is 0.0758. The standard InChI is InChI=1S/C35H50N4O4Si/c1-26-32(19-12-27-10-13-29(14-11-27)39-22-8-6-5-7-9-34(39)41)43-33(20-23-38-25-28(21-24-40)36-37-38)35(26)44(3,4)31-17-15-30(42-2)16-18-31/h10-11,13-18,25-26,32-33,35,40H,5-9,12,19-24H2,1-4H3/t26-,32+,33-,35+/m0/s1. The van der Waals surface area contributed by atoms with Crippen molar-refractivity contribution < 1.29 is 19.4 Å². The molecule has 2 aliphatic heterocycles. The van der Waals surface area contributed by atoms with Gasteiger partial charge in [0.2, 0.25) is 5.91 Å². The smallest absolute Gasteiger partial charge is 0.226 e. The molecule has 5 rings (SSSR count). The Kier molecular flexibility index (Phi) is 10.9. The molecule has 2 saturated heterocycles. The number of methoxy groups -OCH3 is 1. The number of aromatic nitrogens is 3. The molecule has 1 aromatic heterocycles. The van der Waals surface area contributed by atoms with Gasteiger partial charge in [-0.3, -0.25) is 9.48 Å². The maximum absolute atomic E-state index is 12.7. The summed E-state index contributed by atoms with van der Waals surface area (Å²) in [7, 11) is -0.229. The van der Waals surface area contributed by atoms with Gasteiger partial charge in [-0.2, -0.15) is 0 Å². The van der Waals surface area contributed by atoms with Crippen LogP contribution >= 0.6 is 0 Å². The summed E-state index contributed by atoms with van der Waals surface area (Å²) in [6, 6.07) is 17.3. The van der Waals surface area contributed by atoms with Crippen LogP contribution in [-0.4, -0.2) is 66.6 Å². The number of anilines is 1. The zero-order chi connectivity index (χ0) is 31.1. The third-order valence-corrected chi connectivity index (χ3v) is 14.3. The van der Waals surface area contributed by atoms with Gasteiger partial charge < -0.3 is 19.5 Å². The second kappa shape index (κ2) is 14.8. The fourth-order valence-corrected chi connectivity index (χ4v) is 11.6. The summed E-state index contributed by atoms with van der Waals surface area (Å²) in [5.41, 5.74) is 3.57. The number of amides is 1. The molecular weight excluding hydrogens is 568 g/mol. The summed E-state index contributed by atoms with van der Waals surface area (Å²) >= 11 is 0. The fraction of sp³-hybridized carbons (Fsp3) is 0.571. The van der Waals surface area contributed by atoms with Crippen LogP contribution in [0.5, 0.6) is 5.75 Å². The Bertz CT molecular complexity index is 1340. The number of hydrogen-bond donors (Lipinski definition) is 1. The normalized spacial score (nSPS) is 23.0. The highest BCUT2D eigenvalue weighted by atomic mass is 28.3. The summed E-state index contributed by atoms with van der Waals surface area (Å²) in [5.74, 6) is 1.56. The van der Waals surface area contributed by atoms with Gasteiger partial charge in [0, 0.05) is 44.4 Å². The lowest BCUT2D eigenvalue weighted by Gasteiger charge is -2.36. The Morgan fingerprint density at radius 1 is 0.977 bits per heavy atom. The highest BCUT2D eigenvalue weighted by Gasteiger charge is 2.50. The van der Waals surface area contributed by atoms with E-state index in [2.05, 4.69) is 78.9 Å². The minimum Gasteiger partial charge on any atom is -0.497 e. The Morgan fingerprint density at radius 2 is 1.73 bits per heavy atom. The van der Waals surface area contributed by atoms with Crippen molar-refractivity contribution in [1.29, 1.82) is 0 Å². The molecule has 0 aliphatic carbocycles. The molecule has 0 bridgehead atoms. The van der Waals surface area contributed by atoms with E-state index in [9.17, 15) is 9.90 Å². The monoisotopic (exact) mass is 618 g/mol. The number of aryl methyl sites for hydroxylation is 2. The molecule has 0 spiro atoms. The summed E-state index contributed by atoms with van der Waals surface area (Å²) < 4.78 is 14.3. The van der Waals surface area contributed by atoms with Gasteiger partial charge >= 0.3 is 0 Å². The van der Waals surface area contributed by atoms with E-state index in [0.717, 1.165) is 68.7 Å². The molecule has 0 unspecified atom stereocenters. The van der Waals surface area contributed by atoms with Crippen molar-refractivity contribution in [2.75, 3.05) is 25.2 Å². The number of carbonyl (C=O) groups excluding carboxylic acids is 1. The molecule has 1 amide bonds. The molecule has 238 valence electrons. The van der Waals surface area contributed by atoms with E-state index in [4.69, 9.17) is 9.47 Å². The highest BCUT2D eigenvalue weighted by Crippen LogP contribution is 2.46. The lowest BCUT2D eigenvalue weighted by molar-refractivity contribution is -0.118. The van der Waals surface area contributed by atoms with E-state index in [0.29, 0.717) is 24.3 Å². The van der Waals surface area contributed by atoms with E-state index < -0.39 is 8.07 Å². The second-order valence-corrected chi connectivity index (χ2v) is 17.9. The Labute approximate surface area is 263 Å². The Hall–Kier alpha value is -3.01. The number of benzene rings is 2. The molecule has 3 heterocycles. The topological polar surface area (TPSA) is 89.7 Å². The summed E-state index contributed by atoms with van der Waals surface area (Å²) in [5, 5.41) is 19.2. The lowest BCUT2D eigenvalue weighted by atomic mass is 9.95. The molecule has 4 atom stereocenters. The van der Waals surface area contributed by atoms with E-state index in [1.54, 1.807) is 7.11 Å². The molecule has 8 nitrogen and oxygen atoms in total. The first-order chi connectivity index (χ1) is 21.3. The van der Waals surface area contributed by atoms with Gasteiger partial charge in [-0.25, -0.2) is 0 Å². The molecule has 2 aliphatic rings.